The van der Waals surface area contributed by atoms with E-state index in [-0.39, 0.29) is 17.2 Å². The number of hydrogen-bond donors (Lipinski definition) is 0. The third-order valence-electron chi connectivity index (χ3n) is 7.55. The SMILES string of the molecule is CCN1c2ccccc2[C@@H](CC(=O)c2nccn2-c2cccs2)CC1(c1ccccc1)c1ccccc1. The van der Waals surface area contributed by atoms with Crippen molar-refractivity contribution < 1.29 is 4.79 Å². The molecule has 1 aliphatic heterocycles. The number of fused-ring (bicyclic) bond motifs is 1. The van der Waals surface area contributed by atoms with Gasteiger partial charge in [0.05, 0.1) is 5.54 Å². The first kappa shape index (κ1) is 23.4. The summed E-state index contributed by atoms with van der Waals surface area (Å²) in [4.78, 5) is 20.9. The molecule has 0 saturated carbocycles. The molecule has 3 aromatic carbocycles. The first-order valence-corrected chi connectivity index (χ1v) is 13.7. The standard InChI is InChI=1S/C32H29N3OS/c1-2-35-28-17-10-9-16-27(28)24(22-29(36)31-33-19-20-34(31)30-18-11-21-37-30)23-32(35,25-12-5-3-6-13-25)26-14-7-4-8-15-26/h3-21,24H,2,22-23H2,1H3/t24-/m0/s1. The minimum absolute atomic E-state index is 0.0420. The van der Waals surface area contributed by atoms with Crippen molar-refractivity contribution in [1.82, 2.24) is 9.55 Å². The number of aromatic nitrogens is 2. The van der Waals surface area contributed by atoms with Crippen LogP contribution in [0.5, 0.6) is 0 Å². The second kappa shape index (κ2) is 9.83. The summed E-state index contributed by atoms with van der Waals surface area (Å²) in [5.41, 5.74) is 4.53. The van der Waals surface area contributed by atoms with Crippen LogP contribution in [0.4, 0.5) is 5.69 Å². The fourth-order valence-corrected chi connectivity index (χ4v) is 6.75. The van der Waals surface area contributed by atoms with Crippen molar-refractivity contribution >= 4 is 22.8 Å². The molecule has 184 valence electrons. The van der Waals surface area contributed by atoms with E-state index in [2.05, 4.69) is 102 Å². The van der Waals surface area contributed by atoms with Gasteiger partial charge in [-0.2, -0.15) is 0 Å². The van der Waals surface area contributed by atoms with Crippen LogP contribution >= 0.6 is 11.3 Å². The molecule has 1 atom stereocenters. The van der Waals surface area contributed by atoms with Gasteiger partial charge in [0.2, 0.25) is 0 Å². The van der Waals surface area contributed by atoms with Gasteiger partial charge in [0, 0.05) is 31.0 Å². The molecule has 0 unspecified atom stereocenters. The summed E-state index contributed by atoms with van der Waals surface area (Å²) in [6, 6.07) is 34.1. The molecule has 0 aliphatic carbocycles. The van der Waals surface area contributed by atoms with E-state index in [1.165, 1.54) is 22.4 Å². The van der Waals surface area contributed by atoms with Gasteiger partial charge in [-0.3, -0.25) is 9.36 Å². The fourth-order valence-electron chi connectivity index (χ4n) is 6.03. The number of benzene rings is 3. The molecule has 37 heavy (non-hydrogen) atoms. The Kier molecular flexibility index (Phi) is 6.23. The monoisotopic (exact) mass is 503 g/mol. The van der Waals surface area contributed by atoms with E-state index < -0.39 is 0 Å². The van der Waals surface area contributed by atoms with Crippen LogP contribution in [0.15, 0.2) is 115 Å². The maximum absolute atomic E-state index is 13.8. The molecule has 6 rings (SSSR count). The number of Topliss-reactive ketones (excluding diaryl/α,β-unsaturated/α-hetero) is 1. The van der Waals surface area contributed by atoms with Gasteiger partial charge >= 0.3 is 0 Å². The summed E-state index contributed by atoms with van der Waals surface area (Å²) in [6.45, 7) is 3.07. The molecule has 2 aromatic heterocycles. The molecule has 0 bridgehead atoms. The molecule has 0 saturated heterocycles. The lowest BCUT2D eigenvalue weighted by Gasteiger charge is -2.52. The van der Waals surface area contributed by atoms with Crippen LogP contribution in [-0.4, -0.2) is 21.9 Å². The van der Waals surface area contributed by atoms with Gasteiger partial charge in [-0.05, 0) is 59.5 Å². The first-order valence-electron chi connectivity index (χ1n) is 12.8. The summed E-state index contributed by atoms with van der Waals surface area (Å²) in [7, 11) is 0. The van der Waals surface area contributed by atoms with Gasteiger partial charge in [-0.25, -0.2) is 4.98 Å². The van der Waals surface area contributed by atoms with Crippen LogP contribution in [0, 0.1) is 0 Å². The minimum Gasteiger partial charge on any atom is -0.358 e. The van der Waals surface area contributed by atoms with Crippen LogP contribution in [0.1, 0.15) is 53.0 Å². The topological polar surface area (TPSA) is 38.1 Å². The van der Waals surface area contributed by atoms with Crippen LogP contribution in [0.2, 0.25) is 0 Å². The number of thiophene rings is 1. The average Bonchev–Trinajstić information content (AvgIpc) is 3.66. The van der Waals surface area contributed by atoms with Crippen molar-refractivity contribution in [2.75, 3.05) is 11.4 Å². The van der Waals surface area contributed by atoms with Crippen LogP contribution in [0.25, 0.3) is 5.00 Å². The summed E-state index contributed by atoms with van der Waals surface area (Å²) in [6.07, 6.45) is 4.81. The van der Waals surface area contributed by atoms with Crippen molar-refractivity contribution in [2.24, 2.45) is 0 Å². The molecular formula is C32H29N3OS. The maximum Gasteiger partial charge on any atom is 0.199 e. The van der Waals surface area contributed by atoms with E-state index in [0.29, 0.717) is 12.2 Å². The van der Waals surface area contributed by atoms with Crippen LogP contribution in [-0.2, 0) is 5.54 Å². The molecule has 4 nitrogen and oxygen atoms in total. The Hall–Kier alpha value is -3.96. The van der Waals surface area contributed by atoms with E-state index in [1.54, 1.807) is 17.5 Å². The van der Waals surface area contributed by atoms with Crippen LogP contribution < -0.4 is 4.90 Å². The number of carbonyl (C=O) groups excluding carboxylic acids is 1. The molecule has 5 heteroatoms. The first-order chi connectivity index (χ1) is 18.2. The lowest BCUT2D eigenvalue weighted by atomic mass is 9.68. The quantitative estimate of drug-likeness (QED) is 0.216. The maximum atomic E-state index is 13.8. The van der Waals surface area contributed by atoms with Crippen molar-refractivity contribution in [3.05, 3.63) is 137 Å². The van der Waals surface area contributed by atoms with E-state index in [9.17, 15) is 4.79 Å². The van der Waals surface area contributed by atoms with E-state index in [0.717, 1.165) is 18.0 Å². The molecule has 3 heterocycles. The second-order valence-electron chi connectivity index (χ2n) is 9.50. The largest absolute Gasteiger partial charge is 0.358 e. The fraction of sp³-hybridized carbons (Fsp3) is 0.188. The Balaban J connectivity index is 1.48. The van der Waals surface area contributed by atoms with Gasteiger partial charge in [0.1, 0.15) is 5.00 Å². The Morgan fingerprint density at radius 3 is 2.24 bits per heavy atom. The van der Waals surface area contributed by atoms with Gasteiger partial charge in [0.15, 0.2) is 11.6 Å². The molecule has 0 radical (unpaired) electrons. The summed E-state index contributed by atoms with van der Waals surface area (Å²) < 4.78 is 1.92. The smallest absolute Gasteiger partial charge is 0.199 e. The number of ketones is 1. The molecule has 0 N–H and O–H groups in total. The Labute approximate surface area is 221 Å². The lowest BCUT2D eigenvalue weighted by Crippen LogP contribution is -2.51. The summed E-state index contributed by atoms with van der Waals surface area (Å²) in [5.74, 6) is 0.612. The highest BCUT2D eigenvalue weighted by Gasteiger charge is 2.47. The molecule has 0 spiro atoms. The third-order valence-corrected chi connectivity index (χ3v) is 8.42. The second-order valence-corrected chi connectivity index (χ2v) is 10.4. The average molecular weight is 504 g/mol. The highest BCUT2D eigenvalue weighted by Crippen LogP contribution is 2.52. The zero-order valence-electron chi connectivity index (χ0n) is 20.8. The van der Waals surface area contributed by atoms with E-state index in [1.807, 2.05) is 28.3 Å². The predicted octanol–water partition coefficient (Wildman–Crippen LogP) is 7.46. The van der Waals surface area contributed by atoms with Gasteiger partial charge < -0.3 is 4.90 Å². The van der Waals surface area contributed by atoms with Crippen molar-refractivity contribution in [3.8, 4) is 5.00 Å². The van der Waals surface area contributed by atoms with Crippen molar-refractivity contribution in [3.63, 3.8) is 0 Å². The van der Waals surface area contributed by atoms with E-state index >= 15 is 0 Å². The predicted molar refractivity (Wildman–Crippen MR) is 151 cm³/mol. The van der Waals surface area contributed by atoms with Gasteiger partial charge in [-0.15, -0.1) is 11.3 Å². The van der Waals surface area contributed by atoms with Crippen molar-refractivity contribution in [2.45, 2.75) is 31.2 Å². The summed E-state index contributed by atoms with van der Waals surface area (Å²) >= 11 is 1.61. The van der Waals surface area contributed by atoms with Gasteiger partial charge in [-0.1, -0.05) is 78.9 Å². The molecule has 0 amide bonds. The molecule has 0 fully saturated rings. The number of imidazole rings is 1. The Morgan fingerprint density at radius 2 is 1.59 bits per heavy atom. The highest BCUT2D eigenvalue weighted by molar-refractivity contribution is 7.12. The Bertz CT molecular complexity index is 1450. The van der Waals surface area contributed by atoms with E-state index in [4.69, 9.17) is 0 Å². The Morgan fingerprint density at radius 1 is 0.919 bits per heavy atom. The third kappa shape index (κ3) is 4.00. The number of para-hydroxylation sites is 1. The minimum atomic E-state index is -0.389. The molecule has 5 aromatic rings. The number of rotatable bonds is 7. The zero-order chi connectivity index (χ0) is 25.2. The number of carbonyl (C=O) groups is 1. The molecular weight excluding hydrogens is 474 g/mol. The number of anilines is 1. The normalized spacial score (nSPS) is 16.4. The van der Waals surface area contributed by atoms with Crippen LogP contribution in [0.3, 0.4) is 0 Å². The van der Waals surface area contributed by atoms with Crippen molar-refractivity contribution in [1.29, 1.82) is 0 Å². The lowest BCUT2D eigenvalue weighted by molar-refractivity contribution is 0.0956. The van der Waals surface area contributed by atoms with Gasteiger partial charge in [0.25, 0.3) is 0 Å². The number of nitrogens with zero attached hydrogens (tertiary/aromatic N) is 3. The summed E-state index contributed by atoms with van der Waals surface area (Å²) in [5, 5.41) is 3.03. The molecule has 1 aliphatic rings. The number of hydrogen-bond acceptors (Lipinski definition) is 4. The zero-order valence-corrected chi connectivity index (χ0v) is 21.6. The highest BCUT2D eigenvalue weighted by atomic mass is 32.1.